The van der Waals surface area contributed by atoms with Gasteiger partial charge in [0.05, 0.1) is 0 Å². The molecule has 1 aromatic carbocycles. The van der Waals surface area contributed by atoms with Crippen LogP contribution in [0.15, 0.2) is 42.6 Å². The van der Waals surface area contributed by atoms with E-state index in [1.54, 1.807) is 0 Å². The summed E-state index contributed by atoms with van der Waals surface area (Å²) in [6, 6.07) is 13.5. The van der Waals surface area contributed by atoms with E-state index in [0.29, 0.717) is 12.0 Å². The monoisotopic (exact) mass is 378 g/mol. The molecule has 1 saturated heterocycles. The van der Waals surface area contributed by atoms with Gasteiger partial charge in [-0.2, -0.15) is 4.98 Å². The van der Waals surface area contributed by atoms with Gasteiger partial charge in [0.15, 0.2) is 0 Å². The summed E-state index contributed by atoms with van der Waals surface area (Å²) < 4.78 is 2.36. The average Bonchev–Trinajstić information content (AvgIpc) is 3.15. The van der Waals surface area contributed by atoms with Gasteiger partial charge in [0.1, 0.15) is 5.82 Å². The summed E-state index contributed by atoms with van der Waals surface area (Å²) in [7, 11) is 4.13. The Morgan fingerprint density at radius 3 is 2.71 bits per heavy atom. The van der Waals surface area contributed by atoms with E-state index in [-0.39, 0.29) is 0 Å². The number of hydrogen-bond acceptors (Lipinski definition) is 5. The Labute approximate surface area is 167 Å². The molecule has 148 valence electrons. The van der Waals surface area contributed by atoms with E-state index in [1.165, 1.54) is 23.7 Å². The Morgan fingerprint density at radius 2 is 1.93 bits per heavy atom. The Kier molecular flexibility index (Phi) is 5.48. The summed E-state index contributed by atoms with van der Waals surface area (Å²) >= 11 is 0. The van der Waals surface area contributed by atoms with Crippen molar-refractivity contribution in [1.29, 1.82) is 0 Å². The molecule has 6 heteroatoms. The number of rotatable bonds is 6. The number of hydrogen-bond donors (Lipinski definition) is 1. The van der Waals surface area contributed by atoms with Crippen LogP contribution in [0.1, 0.15) is 18.5 Å². The molecule has 1 N–H and O–H groups in total. The molecule has 4 rings (SSSR count). The fourth-order valence-electron chi connectivity index (χ4n) is 4.15. The second-order valence-corrected chi connectivity index (χ2v) is 7.71. The zero-order valence-electron chi connectivity index (χ0n) is 17.1. The van der Waals surface area contributed by atoms with Crippen molar-refractivity contribution in [2.75, 3.05) is 43.9 Å². The van der Waals surface area contributed by atoms with Crippen molar-refractivity contribution >= 4 is 22.7 Å². The Hall–Kier alpha value is -2.60. The highest BCUT2D eigenvalue weighted by Crippen LogP contribution is 2.22. The largest absolute Gasteiger partial charge is 0.357 e. The number of nitrogens with one attached hydrogen (secondary N) is 1. The van der Waals surface area contributed by atoms with Crippen molar-refractivity contribution in [3.8, 4) is 0 Å². The van der Waals surface area contributed by atoms with E-state index >= 15 is 0 Å². The minimum Gasteiger partial charge on any atom is -0.357 e. The molecule has 1 aliphatic rings. The lowest BCUT2D eigenvalue weighted by Gasteiger charge is -2.37. The van der Waals surface area contributed by atoms with Crippen LogP contribution in [-0.4, -0.2) is 59.2 Å². The van der Waals surface area contributed by atoms with Crippen LogP contribution >= 0.6 is 0 Å². The molecule has 0 amide bonds. The number of benzene rings is 1. The minimum absolute atomic E-state index is 0.629. The fraction of sp³-hybridized carbons (Fsp3) is 0.455. The fourth-order valence-corrected chi connectivity index (χ4v) is 4.15. The highest BCUT2D eigenvalue weighted by atomic mass is 15.2. The number of para-hydroxylation sites is 1. The maximum absolute atomic E-state index is 4.63. The predicted octanol–water partition coefficient (Wildman–Crippen LogP) is 3.38. The smallest absolute Gasteiger partial charge is 0.224 e. The molecule has 0 atom stereocenters. The van der Waals surface area contributed by atoms with E-state index in [0.717, 1.165) is 37.7 Å². The summed E-state index contributed by atoms with van der Waals surface area (Å²) in [6.45, 7) is 6.21. The lowest BCUT2D eigenvalue weighted by molar-refractivity contribution is 0.201. The van der Waals surface area contributed by atoms with E-state index in [9.17, 15) is 0 Å². The van der Waals surface area contributed by atoms with Gasteiger partial charge in [-0.1, -0.05) is 18.2 Å². The van der Waals surface area contributed by atoms with Crippen molar-refractivity contribution in [1.82, 2.24) is 19.4 Å². The van der Waals surface area contributed by atoms with Crippen LogP contribution in [0, 0.1) is 6.92 Å². The SMILES string of the molecule is CNc1nc(C)cc(N2CCC(N(C)CCn3ccc4ccccc43)CC2)n1. The summed E-state index contributed by atoms with van der Waals surface area (Å²) in [5, 5.41) is 4.38. The average molecular weight is 379 g/mol. The van der Waals surface area contributed by atoms with Crippen LogP contribution in [0.2, 0.25) is 0 Å². The normalized spacial score (nSPS) is 15.5. The van der Waals surface area contributed by atoms with Crippen LogP contribution in [0.4, 0.5) is 11.8 Å². The molecule has 2 aromatic heterocycles. The molecule has 0 unspecified atom stereocenters. The number of anilines is 2. The zero-order valence-corrected chi connectivity index (χ0v) is 17.1. The quantitative estimate of drug-likeness (QED) is 0.713. The third-order valence-electron chi connectivity index (χ3n) is 5.85. The van der Waals surface area contributed by atoms with Gasteiger partial charge in [-0.25, -0.2) is 4.98 Å². The van der Waals surface area contributed by atoms with Crippen molar-refractivity contribution < 1.29 is 0 Å². The molecule has 28 heavy (non-hydrogen) atoms. The molecule has 0 aliphatic carbocycles. The Balaban J connectivity index is 1.32. The van der Waals surface area contributed by atoms with Crippen LogP contribution < -0.4 is 10.2 Å². The molecule has 0 radical (unpaired) electrons. The van der Waals surface area contributed by atoms with E-state index in [2.05, 4.69) is 79.3 Å². The molecule has 0 bridgehead atoms. The lowest BCUT2D eigenvalue weighted by Crippen LogP contribution is -2.44. The first kappa shape index (κ1) is 18.7. The number of nitrogens with zero attached hydrogens (tertiary/aromatic N) is 5. The first-order valence-electron chi connectivity index (χ1n) is 10.2. The molecular weight excluding hydrogens is 348 g/mol. The van der Waals surface area contributed by atoms with Gasteiger partial charge in [-0.15, -0.1) is 0 Å². The van der Waals surface area contributed by atoms with Gasteiger partial charge in [0.25, 0.3) is 0 Å². The minimum atomic E-state index is 0.629. The number of likely N-dealkylation sites (N-methyl/N-ethyl adjacent to an activating group) is 1. The van der Waals surface area contributed by atoms with Crippen molar-refractivity contribution in [3.63, 3.8) is 0 Å². The zero-order chi connectivity index (χ0) is 19.5. The Morgan fingerprint density at radius 1 is 1.14 bits per heavy atom. The molecule has 3 aromatic rings. The maximum Gasteiger partial charge on any atom is 0.224 e. The van der Waals surface area contributed by atoms with Gasteiger partial charge < -0.3 is 19.7 Å². The van der Waals surface area contributed by atoms with E-state index in [4.69, 9.17) is 0 Å². The van der Waals surface area contributed by atoms with Gasteiger partial charge in [-0.05, 0) is 44.3 Å². The third kappa shape index (κ3) is 3.97. The molecule has 0 spiro atoms. The van der Waals surface area contributed by atoms with Crippen LogP contribution in [0.5, 0.6) is 0 Å². The summed E-state index contributed by atoms with van der Waals surface area (Å²) in [4.78, 5) is 13.9. The Bertz CT molecular complexity index is 926. The first-order valence-corrected chi connectivity index (χ1v) is 10.2. The standard InChI is InChI=1S/C22H30N6/c1-17-16-21(25-22(23-2)24-17)28-12-9-19(10-13-28)26(3)14-15-27-11-8-18-6-4-5-7-20(18)27/h4-8,11,16,19H,9-10,12-15H2,1-3H3,(H,23,24,25). The maximum atomic E-state index is 4.63. The van der Waals surface area contributed by atoms with E-state index in [1.807, 2.05) is 14.0 Å². The van der Waals surface area contributed by atoms with Gasteiger partial charge in [0, 0.05) is 62.7 Å². The highest BCUT2D eigenvalue weighted by molar-refractivity contribution is 5.79. The number of fused-ring (bicyclic) bond motifs is 1. The summed E-state index contributed by atoms with van der Waals surface area (Å²) in [5.74, 6) is 1.74. The van der Waals surface area contributed by atoms with Crippen LogP contribution in [-0.2, 0) is 6.54 Å². The van der Waals surface area contributed by atoms with Crippen LogP contribution in [0.25, 0.3) is 10.9 Å². The second kappa shape index (κ2) is 8.19. The van der Waals surface area contributed by atoms with Gasteiger partial charge in [-0.3, -0.25) is 0 Å². The summed E-state index contributed by atoms with van der Waals surface area (Å²) in [5.41, 5.74) is 2.33. The number of aryl methyl sites for hydroxylation is 1. The topological polar surface area (TPSA) is 49.2 Å². The van der Waals surface area contributed by atoms with Gasteiger partial charge >= 0.3 is 0 Å². The van der Waals surface area contributed by atoms with E-state index < -0.39 is 0 Å². The van der Waals surface area contributed by atoms with Crippen molar-refractivity contribution in [2.24, 2.45) is 0 Å². The third-order valence-corrected chi connectivity index (χ3v) is 5.85. The molecule has 1 aliphatic heterocycles. The number of aromatic nitrogens is 3. The molecule has 0 saturated carbocycles. The molecule has 6 nitrogen and oxygen atoms in total. The van der Waals surface area contributed by atoms with Gasteiger partial charge in [0.2, 0.25) is 5.95 Å². The lowest BCUT2D eigenvalue weighted by atomic mass is 10.0. The molecular formula is C22H30N6. The first-order chi connectivity index (χ1) is 13.6. The second-order valence-electron chi connectivity index (χ2n) is 7.71. The predicted molar refractivity (Wildman–Crippen MR) is 116 cm³/mol. The molecule has 3 heterocycles. The van der Waals surface area contributed by atoms with Crippen molar-refractivity contribution in [2.45, 2.75) is 32.4 Å². The highest BCUT2D eigenvalue weighted by Gasteiger charge is 2.23. The molecule has 1 fully saturated rings. The van der Waals surface area contributed by atoms with Crippen molar-refractivity contribution in [3.05, 3.63) is 48.3 Å². The number of piperidine rings is 1. The summed E-state index contributed by atoms with van der Waals surface area (Å²) in [6.07, 6.45) is 4.54. The van der Waals surface area contributed by atoms with Crippen LogP contribution in [0.3, 0.4) is 0 Å².